The minimum atomic E-state index is -1.41. The molecule has 8 nitrogen and oxygen atoms in total. The quantitative estimate of drug-likeness (QED) is 0.658. The summed E-state index contributed by atoms with van der Waals surface area (Å²) in [6.07, 6.45) is -0.508. The van der Waals surface area contributed by atoms with E-state index in [1.807, 2.05) is 18.2 Å². The first-order chi connectivity index (χ1) is 11.5. The average molecular weight is 332 g/mol. The number of rotatable bonds is 8. The predicted octanol–water partition coefficient (Wildman–Crippen LogP) is 0.917. The van der Waals surface area contributed by atoms with Crippen LogP contribution in [0.4, 0.5) is 0 Å². The Morgan fingerprint density at radius 1 is 1.17 bits per heavy atom. The van der Waals surface area contributed by atoms with Crippen molar-refractivity contribution in [3.05, 3.63) is 54.0 Å². The highest BCUT2D eigenvalue weighted by atomic mass is 16.5. The van der Waals surface area contributed by atoms with Gasteiger partial charge in [-0.2, -0.15) is 0 Å². The molecule has 1 aromatic carbocycles. The molecule has 0 saturated carbocycles. The Morgan fingerprint density at radius 2 is 1.88 bits per heavy atom. The molecule has 2 amide bonds. The number of benzene rings is 1. The van der Waals surface area contributed by atoms with Gasteiger partial charge in [-0.05, 0) is 24.3 Å². The van der Waals surface area contributed by atoms with Crippen molar-refractivity contribution < 1.29 is 28.6 Å². The predicted molar refractivity (Wildman–Crippen MR) is 82.2 cm³/mol. The van der Waals surface area contributed by atoms with E-state index >= 15 is 0 Å². The van der Waals surface area contributed by atoms with Crippen LogP contribution in [0.5, 0.6) is 5.75 Å². The van der Waals surface area contributed by atoms with Crippen LogP contribution in [0, 0.1) is 0 Å². The number of para-hydroxylation sites is 1. The summed E-state index contributed by atoms with van der Waals surface area (Å²) in [5.74, 6) is -1.99. The topological polar surface area (TPSA) is 132 Å². The van der Waals surface area contributed by atoms with Crippen molar-refractivity contribution in [3.63, 3.8) is 0 Å². The number of furan rings is 1. The summed E-state index contributed by atoms with van der Waals surface area (Å²) in [6, 6.07) is 10.6. The Kier molecular flexibility index (Phi) is 5.56. The summed E-state index contributed by atoms with van der Waals surface area (Å²) in [5.41, 5.74) is 4.95. The number of carboxylic acid groups (broad SMARTS) is 1. The zero-order valence-corrected chi connectivity index (χ0v) is 12.6. The van der Waals surface area contributed by atoms with E-state index in [0.29, 0.717) is 11.5 Å². The van der Waals surface area contributed by atoms with Gasteiger partial charge in [-0.15, -0.1) is 0 Å². The molecule has 8 heteroatoms. The van der Waals surface area contributed by atoms with Gasteiger partial charge in [0.1, 0.15) is 24.2 Å². The summed E-state index contributed by atoms with van der Waals surface area (Å²) < 4.78 is 10.8. The maximum Gasteiger partial charge on any atom is 0.326 e. The van der Waals surface area contributed by atoms with E-state index in [1.54, 1.807) is 18.2 Å². The molecule has 1 heterocycles. The SMILES string of the molecule is NC(=O)CC(NC(=O)c1ccc(COc2ccccc2)o1)C(=O)O. The van der Waals surface area contributed by atoms with Crippen LogP contribution in [-0.4, -0.2) is 28.9 Å². The summed E-state index contributed by atoms with van der Waals surface area (Å²) in [4.78, 5) is 33.8. The summed E-state index contributed by atoms with van der Waals surface area (Å²) in [6.45, 7) is 0.112. The molecule has 4 N–H and O–H groups in total. The van der Waals surface area contributed by atoms with E-state index in [-0.39, 0.29) is 12.4 Å². The van der Waals surface area contributed by atoms with E-state index in [9.17, 15) is 14.4 Å². The lowest BCUT2D eigenvalue weighted by atomic mass is 10.2. The number of carbonyl (C=O) groups is 3. The molecule has 0 radical (unpaired) electrons. The molecular weight excluding hydrogens is 316 g/mol. The monoisotopic (exact) mass is 332 g/mol. The Bertz CT molecular complexity index is 725. The van der Waals surface area contributed by atoms with E-state index < -0.39 is 30.2 Å². The van der Waals surface area contributed by atoms with Gasteiger partial charge in [0.25, 0.3) is 5.91 Å². The normalized spacial score (nSPS) is 11.5. The van der Waals surface area contributed by atoms with Crippen molar-refractivity contribution in [2.75, 3.05) is 0 Å². The van der Waals surface area contributed by atoms with Crippen molar-refractivity contribution in [1.82, 2.24) is 5.32 Å². The van der Waals surface area contributed by atoms with Crippen LogP contribution < -0.4 is 15.8 Å². The van der Waals surface area contributed by atoms with Gasteiger partial charge in [0.2, 0.25) is 5.91 Å². The van der Waals surface area contributed by atoms with Crippen molar-refractivity contribution >= 4 is 17.8 Å². The van der Waals surface area contributed by atoms with Gasteiger partial charge in [-0.3, -0.25) is 9.59 Å². The number of ether oxygens (including phenoxy) is 1. The standard InChI is InChI=1S/C16H16N2O6/c17-14(19)8-12(16(21)22)18-15(20)13-7-6-11(24-13)9-23-10-4-2-1-3-5-10/h1-7,12H,8-9H2,(H2,17,19)(H,18,20)(H,21,22). The summed E-state index contributed by atoms with van der Waals surface area (Å²) >= 11 is 0. The van der Waals surface area contributed by atoms with Gasteiger partial charge < -0.3 is 25.3 Å². The lowest BCUT2D eigenvalue weighted by Gasteiger charge is -2.11. The van der Waals surface area contributed by atoms with Gasteiger partial charge in [0.15, 0.2) is 5.76 Å². The number of hydrogen-bond donors (Lipinski definition) is 3. The molecule has 1 atom stereocenters. The number of amides is 2. The second-order valence-corrected chi connectivity index (χ2v) is 4.90. The molecule has 0 fully saturated rings. The van der Waals surface area contributed by atoms with Crippen LogP contribution in [0.3, 0.4) is 0 Å². The van der Waals surface area contributed by atoms with E-state index in [1.165, 1.54) is 6.07 Å². The molecule has 1 unspecified atom stereocenters. The number of carbonyl (C=O) groups excluding carboxylic acids is 2. The molecule has 0 bridgehead atoms. The molecule has 1 aromatic heterocycles. The Labute approximate surface area is 137 Å². The molecule has 0 aliphatic rings. The second kappa shape index (κ2) is 7.82. The van der Waals surface area contributed by atoms with E-state index in [2.05, 4.69) is 5.32 Å². The Morgan fingerprint density at radius 3 is 2.50 bits per heavy atom. The van der Waals surface area contributed by atoms with Gasteiger partial charge in [-0.25, -0.2) is 4.79 Å². The van der Waals surface area contributed by atoms with Crippen molar-refractivity contribution in [3.8, 4) is 5.75 Å². The number of nitrogens with two attached hydrogens (primary N) is 1. The minimum absolute atomic E-state index is 0.0858. The molecule has 2 aromatic rings. The smallest absolute Gasteiger partial charge is 0.326 e. The van der Waals surface area contributed by atoms with Gasteiger partial charge in [0, 0.05) is 0 Å². The fourth-order valence-electron chi connectivity index (χ4n) is 1.88. The highest BCUT2D eigenvalue weighted by molar-refractivity contribution is 5.95. The van der Waals surface area contributed by atoms with Crippen LogP contribution in [0.2, 0.25) is 0 Å². The lowest BCUT2D eigenvalue weighted by Crippen LogP contribution is -2.43. The van der Waals surface area contributed by atoms with Crippen LogP contribution in [0.25, 0.3) is 0 Å². The maximum atomic E-state index is 12.0. The van der Waals surface area contributed by atoms with Gasteiger partial charge in [-0.1, -0.05) is 18.2 Å². The van der Waals surface area contributed by atoms with Crippen molar-refractivity contribution in [1.29, 1.82) is 0 Å². The number of primary amides is 1. The van der Waals surface area contributed by atoms with Crippen LogP contribution in [-0.2, 0) is 16.2 Å². The molecule has 0 saturated heterocycles. The van der Waals surface area contributed by atoms with Gasteiger partial charge in [0.05, 0.1) is 6.42 Å². The Balaban J connectivity index is 1.95. The fraction of sp³-hybridized carbons (Fsp3) is 0.188. The van der Waals surface area contributed by atoms with Crippen molar-refractivity contribution in [2.24, 2.45) is 5.73 Å². The highest BCUT2D eigenvalue weighted by Gasteiger charge is 2.24. The minimum Gasteiger partial charge on any atom is -0.486 e. The lowest BCUT2D eigenvalue weighted by molar-refractivity contribution is -0.140. The van der Waals surface area contributed by atoms with Crippen molar-refractivity contribution in [2.45, 2.75) is 19.1 Å². The fourth-order valence-corrected chi connectivity index (χ4v) is 1.88. The third-order valence-electron chi connectivity index (χ3n) is 3.02. The molecular formula is C16H16N2O6. The van der Waals surface area contributed by atoms with Gasteiger partial charge >= 0.3 is 5.97 Å². The first-order valence-electron chi connectivity index (χ1n) is 7.04. The molecule has 0 spiro atoms. The zero-order valence-electron chi connectivity index (χ0n) is 12.6. The summed E-state index contributed by atoms with van der Waals surface area (Å²) in [7, 11) is 0. The molecule has 126 valence electrons. The van der Waals surface area contributed by atoms with E-state index in [0.717, 1.165) is 0 Å². The third kappa shape index (κ3) is 4.87. The summed E-state index contributed by atoms with van der Waals surface area (Å²) in [5, 5.41) is 11.1. The largest absolute Gasteiger partial charge is 0.486 e. The third-order valence-corrected chi connectivity index (χ3v) is 3.02. The first kappa shape index (κ1) is 17.1. The molecule has 0 aliphatic carbocycles. The average Bonchev–Trinajstić information content (AvgIpc) is 3.02. The number of hydrogen-bond acceptors (Lipinski definition) is 5. The van der Waals surface area contributed by atoms with Crippen LogP contribution >= 0.6 is 0 Å². The molecule has 0 aliphatic heterocycles. The molecule has 2 rings (SSSR count). The number of aliphatic carboxylic acids is 1. The number of carboxylic acids is 1. The highest BCUT2D eigenvalue weighted by Crippen LogP contribution is 2.14. The van der Waals surface area contributed by atoms with Crippen LogP contribution in [0.1, 0.15) is 22.7 Å². The van der Waals surface area contributed by atoms with E-state index in [4.69, 9.17) is 20.0 Å². The molecule has 24 heavy (non-hydrogen) atoms. The number of nitrogens with one attached hydrogen (secondary N) is 1. The Hall–Kier alpha value is -3.29. The van der Waals surface area contributed by atoms with Crippen LogP contribution in [0.15, 0.2) is 46.9 Å². The first-order valence-corrected chi connectivity index (χ1v) is 7.04. The maximum absolute atomic E-state index is 12.0. The second-order valence-electron chi connectivity index (χ2n) is 4.90. The zero-order chi connectivity index (χ0) is 17.5.